The highest BCUT2D eigenvalue weighted by Crippen LogP contribution is 2.02. The van der Waals surface area contributed by atoms with E-state index in [9.17, 15) is 0 Å². The fourth-order valence-corrected chi connectivity index (χ4v) is 0.889. The van der Waals surface area contributed by atoms with Gasteiger partial charge in [-0.2, -0.15) is 0 Å². The van der Waals surface area contributed by atoms with E-state index in [-0.39, 0.29) is 0 Å². The van der Waals surface area contributed by atoms with Gasteiger partial charge in [0.2, 0.25) is 0 Å². The molecule has 0 heterocycles. The molecule has 0 radical (unpaired) electrons. The molecule has 0 spiro atoms. The number of hydrazine groups is 1. The molecule has 0 fully saturated rings. The Bertz CT molecular complexity index is 273. The Labute approximate surface area is 66.4 Å². The lowest BCUT2D eigenvalue weighted by molar-refractivity contribution is 0.741. The number of hydrogen-bond donors (Lipinski definition) is 2. The average Bonchev–Trinajstić information content (AvgIpc) is 2.06. The quantitative estimate of drug-likeness (QED) is 0.365. The summed E-state index contributed by atoms with van der Waals surface area (Å²) in [6, 6.07) is 7.71. The number of hydrogen-bond acceptors (Lipinski definition) is 2. The number of nitrogens with two attached hydrogens (primary N) is 1. The Balaban J connectivity index is 2.85. The molecule has 1 aromatic carbocycles. The minimum Gasteiger partial charge on any atom is -0.271 e. The van der Waals surface area contributed by atoms with Crippen molar-refractivity contribution in [3.8, 4) is 12.3 Å². The van der Waals surface area contributed by atoms with Gasteiger partial charge in [-0.1, -0.05) is 18.1 Å². The second-order valence-corrected chi connectivity index (χ2v) is 2.23. The van der Waals surface area contributed by atoms with Crippen LogP contribution >= 0.6 is 0 Å². The van der Waals surface area contributed by atoms with Crippen LogP contribution in [-0.2, 0) is 6.54 Å². The van der Waals surface area contributed by atoms with Crippen LogP contribution < -0.4 is 11.3 Å². The molecule has 3 N–H and O–H groups in total. The van der Waals surface area contributed by atoms with Crippen molar-refractivity contribution in [3.63, 3.8) is 0 Å². The number of rotatable bonds is 2. The van der Waals surface area contributed by atoms with Crippen LogP contribution in [-0.4, -0.2) is 0 Å². The van der Waals surface area contributed by atoms with Crippen molar-refractivity contribution in [2.45, 2.75) is 6.54 Å². The first-order valence-corrected chi connectivity index (χ1v) is 3.36. The molecule has 0 amide bonds. The molecule has 0 bridgehead atoms. The Morgan fingerprint density at radius 2 is 2.36 bits per heavy atom. The van der Waals surface area contributed by atoms with Gasteiger partial charge in [0, 0.05) is 12.1 Å². The number of benzene rings is 1. The topological polar surface area (TPSA) is 38.0 Å². The zero-order valence-electron chi connectivity index (χ0n) is 6.17. The van der Waals surface area contributed by atoms with E-state index in [1.165, 1.54) is 0 Å². The van der Waals surface area contributed by atoms with E-state index in [2.05, 4.69) is 11.3 Å². The highest BCUT2D eigenvalue weighted by molar-refractivity contribution is 5.35. The summed E-state index contributed by atoms with van der Waals surface area (Å²) in [6.45, 7) is 0.648. The molecule has 1 aromatic rings. The Kier molecular flexibility index (Phi) is 2.67. The highest BCUT2D eigenvalue weighted by atomic mass is 15.2. The molecule has 2 nitrogen and oxygen atoms in total. The third-order valence-corrected chi connectivity index (χ3v) is 1.40. The largest absolute Gasteiger partial charge is 0.271 e. The van der Waals surface area contributed by atoms with Gasteiger partial charge in [-0.25, -0.2) is 0 Å². The van der Waals surface area contributed by atoms with Crippen molar-refractivity contribution >= 4 is 0 Å². The van der Waals surface area contributed by atoms with Crippen LogP contribution in [0.3, 0.4) is 0 Å². The summed E-state index contributed by atoms with van der Waals surface area (Å²) in [6.07, 6.45) is 5.21. The number of nitrogens with one attached hydrogen (secondary N) is 1. The van der Waals surface area contributed by atoms with Crippen LogP contribution in [0.15, 0.2) is 24.3 Å². The van der Waals surface area contributed by atoms with E-state index in [0.29, 0.717) is 6.54 Å². The van der Waals surface area contributed by atoms with E-state index >= 15 is 0 Å². The van der Waals surface area contributed by atoms with Gasteiger partial charge in [0.25, 0.3) is 0 Å². The summed E-state index contributed by atoms with van der Waals surface area (Å²) in [5.74, 6) is 7.71. The van der Waals surface area contributed by atoms with Crippen molar-refractivity contribution in [1.29, 1.82) is 0 Å². The molecule has 0 aromatic heterocycles. The van der Waals surface area contributed by atoms with Gasteiger partial charge in [0.1, 0.15) is 0 Å². The lowest BCUT2D eigenvalue weighted by atomic mass is 10.1. The molecule has 56 valence electrons. The lowest BCUT2D eigenvalue weighted by Crippen LogP contribution is -2.20. The van der Waals surface area contributed by atoms with E-state index in [1.807, 2.05) is 24.3 Å². The summed E-state index contributed by atoms with van der Waals surface area (Å²) in [5.41, 5.74) is 4.55. The molecule has 0 unspecified atom stereocenters. The summed E-state index contributed by atoms with van der Waals surface area (Å²) in [7, 11) is 0. The van der Waals surface area contributed by atoms with Gasteiger partial charge in [-0.05, 0) is 17.7 Å². The maximum Gasteiger partial charge on any atom is 0.0349 e. The second-order valence-electron chi connectivity index (χ2n) is 2.23. The van der Waals surface area contributed by atoms with E-state index in [4.69, 9.17) is 12.3 Å². The summed E-state index contributed by atoms with van der Waals surface area (Å²) in [4.78, 5) is 0. The average molecular weight is 146 g/mol. The van der Waals surface area contributed by atoms with Gasteiger partial charge in [0.15, 0.2) is 0 Å². The first kappa shape index (κ1) is 7.80. The van der Waals surface area contributed by atoms with Gasteiger partial charge < -0.3 is 0 Å². The molecular formula is C9H10N2. The van der Waals surface area contributed by atoms with Crippen LogP contribution in [0.4, 0.5) is 0 Å². The maximum atomic E-state index is 5.21. The fraction of sp³-hybridized carbons (Fsp3) is 0.111. The molecule has 1 rings (SSSR count). The second kappa shape index (κ2) is 3.77. The molecule has 0 aliphatic carbocycles. The van der Waals surface area contributed by atoms with Crippen LogP contribution in [0.1, 0.15) is 11.1 Å². The van der Waals surface area contributed by atoms with Crippen molar-refractivity contribution in [2.24, 2.45) is 5.84 Å². The third-order valence-electron chi connectivity index (χ3n) is 1.40. The third kappa shape index (κ3) is 2.08. The lowest BCUT2D eigenvalue weighted by Gasteiger charge is -1.98. The molecule has 2 heteroatoms. The normalized spacial score (nSPS) is 9.09. The number of terminal acetylenes is 1. The maximum absolute atomic E-state index is 5.21. The Morgan fingerprint density at radius 1 is 1.55 bits per heavy atom. The molecule has 0 saturated heterocycles. The fourth-order valence-electron chi connectivity index (χ4n) is 0.889. The van der Waals surface area contributed by atoms with Crippen LogP contribution in [0.25, 0.3) is 0 Å². The minimum atomic E-state index is 0.648. The zero-order valence-corrected chi connectivity index (χ0v) is 6.17. The minimum absolute atomic E-state index is 0.648. The van der Waals surface area contributed by atoms with Gasteiger partial charge in [0.05, 0.1) is 0 Å². The Morgan fingerprint density at radius 3 is 3.00 bits per heavy atom. The molecule has 11 heavy (non-hydrogen) atoms. The SMILES string of the molecule is C#Cc1cccc(CNN)c1. The van der Waals surface area contributed by atoms with Crippen LogP contribution in [0, 0.1) is 12.3 Å². The van der Waals surface area contributed by atoms with Gasteiger partial charge in [-0.3, -0.25) is 11.3 Å². The molecule has 0 atom stereocenters. The van der Waals surface area contributed by atoms with Crippen molar-refractivity contribution in [2.75, 3.05) is 0 Å². The van der Waals surface area contributed by atoms with E-state index in [1.54, 1.807) is 0 Å². The summed E-state index contributed by atoms with van der Waals surface area (Å²) < 4.78 is 0. The first-order chi connectivity index (χ1) is 5.36. The molecular weight excluding hydrogens is 136 g/mol. The van der Waals surface area contributed by atoms with E-state index < -0.39 is 0 Å². The summed E-state index contributed by atoms with van der Waals surface area (Å²) in [5, 5.41) is 0. The Hall–Kier alpha value is -1.30. The highest BCUT2D eigenvalue weighted by Gasteiger charge is 1.90. The van der Waals surface area contributed by atoms with Crippen molar-refractivity contribution in [1.82, 2.24) is 5.43 Å². The zero-order chi connectivity index (χ0) is 8.10. The van der Waals surface area contributed by atoms with Crippen LogP contribution in [0.2, 0.25) is 0 Å². The van der Waals surface area contributed by atoms with Gasteiger partial charge >= 0.3 is 0 Å². The standard InChI is InChI=1S/C9H10N2/c1-2-8-4-3-5-9(6-8)7-11-10/h1,3-6,11H,7,10H2. The molecule has 0 aliphatic heterocycles. The first-order valence-electron chi connectivity index (χ1n) is 3.36. The van der Waals surface area contributed by atoms with Crippen LogP contribution in [0.5, 0.6) is 0 Å². The molecule has 0 aliphatic rings. The monoisotopic (exact) mass is 146 g/mol. The predicted octanol–water partition coefficient (Wildman–Crippen LogP) is 0.631. The van der Waals surface area contributed by atoms with Crippen molar-refractivity contribution in [3.05, 3.63) is 35.4 Å². The predicted molar refractivity (Wildman–Crippen MR) is 45.4 cm³/mol. The van der Waals surface area contributed by atoms with Gasteiger partial charge in [-0.15, -0.1) is 6.42 Å². The smallest absolute Gasteiger partial charge is 0.0349 e. The summed E-state index contributed by atoms with van der Waals surface area (Å²) >= 11 is 0. The molecule has 0 saturated carbocycles. The van der Waals surface area contributed by atoms with E-state index in [0.717, 1.165) is 11.1 Å². The van der Waals surface area contributed by atoms with Crippen molar-refractivity contribution < 1.29 is 0 Å².